The number of esters is 1. The van der Waals surface area contributed by atoms with Gasteiger partial charge in [0, 0.05) is 11.3 Å². The molecule has 152 valence electrons. The minimum Gasteiger partial charge on any atom is -0.486 e. The van der Waals surface area contributed by atoms with Crippen LogP contribution < -0.4 is 14.8 Å². The summed E-state index contributed by atoms with van der Waals surface area (Å²) in [6.07, 6.45) is -1.20. The Morgan fingerprint density at radius 2 is 1.60 bits per heavy atom. The van der Waals surface area contributed by atoms with E-state index in [1.165, 1.54) is 30.3 Å². The Morgan fingerprint density at radius 1 is 0.900 bits per heavy atom. The van der Waals surface area contributed by atoms with E-state index in [0.717, 1.165) is 0 Å². The largest absolute Gasteiger partial charge is 0.486 e. The van der Waals surface area contributed by atoms with Gasteiger partial charge in [-0.3, -0.25) is 4.79 Å². The van der Waals surface area contributed by atoms with Gasteiger partial charge in [-0.1, -0.05) is 30.3 Å². The molecule has 3 aromatic rings. The summed E-state index contributed by atoms with van der Waals surface area (Å²) in [5, 5.41) is 2.65. The SMILES string of the molecule is O=C(O[C@@H](C(=O)Nc1ccc(F)cc1)c1ccccc1)c1ccc2c(c1)OCCO2. The molecule has 30 heavy (non-hydrogen) atoms. The third-order valence-electron chi connectivity index (χ3n) is 4.45. The maximum atomic E-state index is 13.1. The van der Waals surface area contributed by atoms with Crippen LogP contribution in [0.1, 0.15) is 22.0 Å². The molecule has 0 radical (unpaired) electrons. The molecular formula is C23H18FNO5. The van der Waals surface area contributed by atoms with Gasteiger partial charge in [0.2, 0.25) is 6.10 Å². The molecule has 1 amide bonds. The molecule has 0 fully saturated rings. The van der Waals surface area contributed by atoms with Gasteiger partial charge in [0.15, 0.2) is 11.5 Å². The minimum atomic E-state index is -1.20. The molecule has 0 aromatic heterocycles. The van der Waals surface area contributed by atoms with Gasteiger partial charge in [0.25, 0.3) is 5.91 Å². The highest BCUT2D eigenvalue weighted by molar-refractivity contribution is 5.98. The van der Waals surface area contributed by atoms with E-state index in [2.05, 4.69) is 5.32 Å². The number of benzene rings is 3. The summed E-state index contributed by atoms with van der Waals surface area (Å²) in [7, 11) is 0. The average molecular weight is 407 g/mol. The van der Waals surface area contributed by atoms with Crippen LogP contribution in [0.5, 0.6) is 11.5 Å². The fourth-order valence-electron chi connectivity index (χ4n) is 2.99. The van der Waals surface area contributed by atoms with Gasteiger partial charge < -0.3 is 19.5 Å². The van der Waals surface area contributed by atoms with Crippen LogP contribution >= 0.6 is 0 Å². The van der Waals surface area contributed by atoms with Crippen molar-refractivity contribution in [3.8, 4) is 11.5 Å². The van der Waals surface area contributed by atoms with Crippen molar-refractivity contribution in [2.75, 3.05) is 18.5 Å². The molecule has 3 aromatic carbocycles. The summed E-state index contributed by atoms with van der Waals surface area (Å²) in [6.45, 7) is 0.828. The number of fused-ring (bicyclic) bond motifs is 1. The first kappa shape index (κ1) is 19.4. The van der Waals surface area contributed by atoms with Crippen LogP contribution in [0.15, 0.2) is 72.8 Å². The molecular weight excluding hydrogens is 389 g/mol. The number of hydrogen-bond donors (Lipinski definition) is 1. The Bertz CT molecular complexity index is 1050. The summed E-state index contributed by atoms with van der Waals surface area (Å²) in [6, 6.07) is 18.7. The second kappa shape index (κ2) is 8.65. The first-order valence-corrected chi connectivity index (χ1v) is 9.32. The highest BCUT2D eigenvalue weighted by atomic mass is 19.1. The third-order valence-corrected chi connectivity index (χ3v) is 4.45. The van der Waals surface area contributed by atoms with E-state index in [-0.39, 0.29) is 5.56 Å². The van der Waals surface area contributed by atoms with Gasteiger partial charge in [-0.15, -0.1) is 0 Å². The van der Waals surface area contributed by atoms with Crippen LogP contribution in [0.2, 0.25) is 0 Å². The zero-order valence-corrected chi connectivity index (χ0v) is 15.8. The minimum absolute atomic E-state index is 0.231. The van der Waals surface area contributed by atoms with Crippen LogP contribution in [0.4, 0.5) is 10.1 Å². The van der Waals surface area contributed by atoms with Gasteiger partial charge in [0.1, 0.15) is 19.0 Å². The molecule has 0 saturated heterocycles. The van der Waals surface area contributed by atoms with E-state index < -0.39 is 23.8 Å². The molecule has 1 aliphatic rings. The van der Waals surface area contributed by atoms with Crippen LogP contribution in [0.25, 0.3) is 0 Å². The molecule has 0 bridgehead atoms. The van der Waals surface area contributed by atoms with Crippen LogP contribution in [0, 0.1) is 5.82 Å². The van der Waals surface area contributed by atoms with Crippen molar-refractivity contribution >= 4 is 17.6 Å². The molecule has 0 saturated carbocycles. The molecule has 1 N–H and O–H groups in total. The molecule has 1 aliphatic heterocycles. The van der Waals surface area contributed by atoms with E-state index >= 15 is 0 Å². The molecule has 0 spiro atoms. The van der Waals surface area contributed by atoms with Crippen molar-refractivity contribution in [2.45, 2.75) is 6.10 Å². The maximum Gasteiger partial charge on any atom is 0.339 e. The fraction of sp³-hybridized carbons (Fsp3) is 0.130. The fourth-order valence-corrected chi connectivity index (χ4v) is 2.99. The van der Waals surface area contributed by atoms with Gasteiger partial charge in [-0.05, 0) is 42.5 Å². The highest BCUT2D eigenvalue weighted by Gasteiger charge is 2.26. The number of ether oxygens (including phenoxy) is 3. The first-order chi connectivity index (χ1) is 14.6. The standard InChI is InChI=1S/C23H18FNO5/c24-17-7-9-18(10-8-17)25-22(26)21(15-4-2-1-3-5-15)30-23(27)16-6-11-19-20(14-16)29-13-12-28-19/h1-11,14,21H,12-13H2,(H,25,26)/t21-/m1/s1. The quantitative estimate of drug-likeness (QED) is 0.644. The van der Waals surface area contributed by atoms with Crippen LogP contribution in [-0.4, -0.2) is 25.1 Å². The Hall–Kier alpha value is -3.87. The number of carbonyl (C=O) groups is 2. The Kier molecular flexibility index (Phi) is 5.61. The lowest BCUT2D eigenvalue weighted by Gasteiger charge is -2.20. The second-order valence-corrected chi connectivity index (χ2v) is 6.55. The van der Waals surface area contributed by atoms with Gasteiger partial charge in [-0.2, -0.15) is 0 Å². The topological polar surface area (TPSA) is 73.9 Å². The zero-order valence-electron chi connectivity index (χ0n) is 15.8. The predicted octanol–water partition coefficient (Wildman–Crippen LogP) is 4.13. The molecule has 0 aliphatic carbocycles. The highest BCUT2D eigenvalue weighted by Crippen LogP contribution is 2.31. The number of carbonyl (C=O) groups excluding carboxylic acids is 2. The lowest BCUT2D eigenvalue weighted by Crippen LogP contribution is -2.26. The normalized spacial score (nSPS) is 13.2. The third kappa shape index (κ3) is 4.41. The first-order valence-electron chi connectivity index (χ1n) is 9.32. The van der Waals surface area contributed by atoms with Crippen molar-refractivity contribution in [3.05, 3.63) is 89.7 Å². The van der Waals surface area contributed by atoms with E-state index in [1.54, 1.807) is 42.5 Å². The molecule has 4 rings (SSSR count). The molecule has 7 heteroatoms. The number of nitrogens with one attached hydrogen (secondary N) is 1. The number of rotatable bonds is 5. The monoisotopic (exact) mass is 407 g/mol. The summed E-state index contributed by atoms with van der Waals surface area (Å²) in [5.74, 6) is -0.666. The van der Waals surface area contributed by atoms with Crippen molar-refractivity contribution < 1.29 is 28.2 Å². The predicted molar refractivity (Wildman–Crippen MR) is 107 cm³/mol. The van der Waals surface area contributed by atoms with E-state index in [4.69, 9.17) is 14.2 Å². The van der Waals surface area contributed by atoms with E-state index in [9.17, 15) is 14.0 Å². The molecule has 1 atom stereocenters. The second-order valence-electron chi connectivity index (χ2n) is 6.55. The summed E-state index contributed by atoms with van der Waals surface area (Å²) in [4.78, 5) is 25.6. The Morgan fingerprint density at radius 3 is 2.33 bits per heavy atom. The van der Waals surface area contributed by atoms with Crippen molar-refractivity contribution in [1.82, 2.24) is 0 Å². The lowest BCUT2D eigenvalue weighted by atomic mass is 10.1. The zero-order chi connectivity index (χ0) is 20.9. The average Bonchev–Trinajstić information content (AvgIpc) is 2.79. The summed E-state index contributed by atoms with van der Waals surface area (Å²) >= 11 is 0. The summed E-state index contributed by atoms with van der Waals surface area (Å²) < 4.78 is 29.6. The van der Waals surface area contributed by atoms with Crippen LogP contribution in [-0.2, 0) is 9.53 Å². The van der Waals surface area contributed by atoms with Crippen LogP contribution in [0.3, 0.4) is 0 Å². The molecule has 6 nitrogen and oxygen atoms in total. The molecule has 0 unspecified atom stereocenters. The van der Waals surface area contributed by atoms with E-state index in [1.807, 2.05) is 0 Å². The smallest absolute Gasteiger partial charge is 0.339 e. The van der Waals surface area contributed by atoms with Crippen molar-refractivity contribution in [3.63, 3.8) is 0 Å². The number of halogens is 1. The lowest BCUT2D eigenvalue weighted by molar-refractivity contribution is -0.125. The maximum absolute atomic E-state index is 13.1. The van der Waals surface area contributed by atoms with Gasteiger partial charge in [0.05, 0.1) is 5.56 Å². The van der Waals surface area contributed by atoms with E-state index in [0.29, 0.717) is 36.0 Å². The van der Waals surface area contributed by atoms with Crippen molar-refractivity contribution in [1.29, 1.82) is 0 Å². The Balaban J connectivity index is 1.56. The van der Waals surface area contributed by atoms with Crippen molar-refractivity contribution in [2.24, 2.45) is 0 Å². The van der Waals surface area contributed by atoms with Gasteiger partial charge >= 0.3 is 5.97 Å². The van der Waals surface area contributed by atoms with Gasteiger partial charge in [-0.25, -0.2) is 9.18 Å². The number of hydrogen-bond acceptors (Lipinski definition) is 5. The number of amides is 1. The number of anilines is 1. The summed E-state index contributed by atoms with van der Waals surface area (Å²) in [5.41, 5.74) is 1.12. The Labute approximate surface area is 172 Å². The molecule has 1 heterocycles.